The summed E-state index contributed by atoms with van der Waals surface area (Å²) in [7, 11) is 2.15. The lowest BCUT2D eigenvalue weighted by atomic mass is 9.98. The van der Waals surface area contributed by atoms with E-state index in [9.17, 15) is 4.39 Å². The first kappa shape index (κ1) is 14.5. The van der Waals surface area contributed by atoms with Crippen molar-refractivity contribution in [1.29, 1.82) is 5.26 Å². The van der Waals surface area contributed by atoms with Gasteiger partial charge in [-0.3, -0.25) is 9.80 Å². The van der Waals surface area contributed by atoms with E-state index in [2.05, 4.69) is 16.8 Å². The molecule has 21 heavy (non-hydrogen) atoms. The Morgan fingerprint density at radius 2 is 2.29 bits per heavy atom. The molecule has 2 saturated heterocycles. The second kappa shape index (κ2) is 6.10. The largest absolute Gasteiger partial charge is 0.375 e. The molecule has 2 aliphatic rings. The minimum atomic E-state index is -0.444. The van der Waals surface area contributed by atoms with E-state index in [0.717, 1.165) is 44.8 Å². The monoisotopic (exact) mass is 289 g/mol. The Hall–Kier alpha value is -1.48. The van der Waals surface area contributed by atoms with Crippen molar-refractivity contribution in [3.05, 3.63) is 35.1 Å². The Balaban J connectivity index is 1.67. The standard InChI is InChI=1S/C16H20FN3O/c1-19-6-7-21-16-4-5-20(11-15(16)19)10-12-2-3-14(17)13(8-12)9-18/h2-3,8,15-16H,4-7,10-11H2,1H3/t15-,16-/m1/s1. The molecule has 0 aliphatic carbocycles. The number of fused-ring (bicyclic) bond motifs is 1. The van der Waals surface area contributed by atoms with E-state index in [4.69, 9.17) is 10.00 Å². The van der Waals surface area contributed by atoms with Crippen LogP contribution in [-0.4, -0.2) is 55.2 Å². The molecule has 2 fully saturated rings. The number of benzene rings is 1. The van der Waals surface area contributed by atoms with Crippen LogP contribution in [0.5, 0.6) is 0 Å². The number of nitrogens with zero attached hydrogens (tertiary/aromatic N) is 3. The average molecular weight is 289 g/mol. The number of nitriles is 1. The summed E-state index contributed by atoms with van der Waals surface area (Å²) in [6.07, 6.45) is 1.37. The zero-order valence-corrected chi connectivity index (χ0v) is 12.3. The molecule has 0 N–H and O–H groups in total. The number of hydrogen-bond acceptors (Lipinski definition) is 4. The summed E-state index contributed by atoms with van der Waals surface area (Å²) in [5.41, 5.74) is 1.12. The van der Waals surface area contributed by atoms with Gasteiger partial charge in [-0.15, -0.1) is 0 Å². The fourth-order valence-corrected chi connectivity index (χ4v) is 3.27. The van der Waals surface area contributed by atoms with Gasteiger partial charge in [0.15, 0.2) is 0 Å². The SMILES string of the molecule is CN1CCO[C@@H]2CCN(Cc3ccc(F)c(C#N)c3)C[C@H]21. The summed E-state index contributed by atoms with van der Waals surface area (Å²) in [5.74, 6) is -0.444. The van der Waals surface area contributed by atoms with Crippen LogP contribution >= 0.6 is 0 Å². The molecule has 0 saturated carbocycles. The van der Waals surface area contributed by atoms with Gasteiger partial charge in [-0.05, 0) is 31.2 Å². The van der Waals surface area contributed by atoms with Crippen molar-refractivity contribution >= 4 is 0 Å². The average Bonchev–Trinajstić information content (AvgIpc) is 2.50. The summed E-state index contributed by atoms with van der Waals surface area (Å²) in [6, 6.07) is 7.15. The molecule has 1 aromatic rings. The highest BCUT2D eigenvalue weighted by molar-refractivity contribution is 5.34. The molecule has 0 bridgehead atoms. The van der Waals surface area contributed by atoms with Crippen LogP contribution in [-0.2, 0) is 11.3 Å². The Bertz CT molecular complexity index is 557. The maximum Gasteiger partial charge on any atom is 0.140 e. The van der Waals surface area contributed by atoms with Gasteiger partial charge in [0.05, 0.1) is 18.3 Å². The van der Waals surface area contributed by atoms with E-state index in [-0.39, 0.29) is 5.56 Å². The third-order valence-corrected chi connectivity index (χ3v) is 4.50. The quantitative estimate of drug-likeness (QED) is 0.829. The first-order valence-corrected chi connectivity index (χ1v) is 7.40. The van der Waals surface area contributed by atoms with E-state index in [0.29, 0.717) is 12.1 Å². The summed E-state index contributed by atoms with van der Waals surface area (Å²) in [4.78, 5) is 4.73. The molecule has 0 aromatic heterocycles. The highest BCUT2D eigenvalue weighted by Gasteiger charge is 2.35. The van der Waals surface area contributed by atoms with Crippen molar-refractivity contribution in [2.24, 2.45) is 0 Å². The Morgan fingerprint density at radius 1 is 1.43 bits per heavy atom. The number of likely N-dealkylation sites (N-methyl/N-ethyl adjacent to an activating group) is 1. The highest BCUT2D eigenvalue weighted by Crippen LogP contribution is 2.23. The maximum absolute atomic E-state index is 13.4. The van der Waals surface area contributed by atoms with Gasteiger partial charge in [-0.2, -0.15) is 5.26 Å². The van der Waals surface area contributed by atoms with Crippen LogP contribution in [0.15, 0.2) is 18.2 Å². The molecular formula is C16H20FN3O. The van der Waals surface area contributed by atoms with Gasteiger partial charge in [-0.25, -0.2) is 4.39 Å². The number of piperidine rings is 1. The van der Waals surface area contributed by atoms with Crippen LogP contribution < -0.4 is 0 Å². The molecule has 3 rings (SSSR count). The zero-order valence-electron chi connectivity index (χ0n) is 12.3. The van der Waals surface area contributed by atoms with Gasteiger partial charge in [0.1, 0.15) is 11.9 Å². The molecule has 2 atom stereocenters. The second-order valence-corrected chi connectivity index (χ2v) is 5.91. The zero-order chi connectivity index (χ0) is 14.8. The lowest BCUT2D eigenvalue weighted by molar-refractivity contribution is -0.0956. The lowest BCUT2D eigenvalue weighted by Crippen LogP contribution is -2.58. The molecule has 0 unspecified atom stereocenters. The number of likely N-dealkylation sites (tertiary alicyclic amines) is 1. The van der Waals surface area contributed by atoms with Gasteiger partial charge in [0.25, 0.3) is 0 Å². The van der Waals surface area contributed by atoms with E-state index >= 15 is 0 Å². The smallest absolute Gasteiger partial charge is 0.140 e. The van der Waals surface area contributed by atoms with Crippen LogP contribution in [0.1, 0.15) is 17.5 Å². The van der Waals surface area contributed by atoms with E-state index < -0.39 is 5.82 Å². The number of rotatable bonds is 2. The van der Waals surface area contributed by atoms with Crippen molar-refractivity contribution in [2.75, 3.05) is 33.3 Å². The van der Waals surface area contributed by atoms with Crippen molar-refractivity contribution in [1.82, 2.24) is 9.80 Å². The van der Waals surface area contributed by atoms with Crippen molar-refractivity contribution < 1.29 is 9.13 Å². The van der Waals surface area contributed by atoms with Crippen LogP contribution in [0.25, 0.3) is 0 Å². The topological polar surface area (TPSA) is 39.5 Å². The minimum Gasteiger partial charge on any atom is -0.375 e. The van der Waals surface area contributed by atoms with Gasteiger partial charge in [0, 0.05) is 32.2 Å². The van der Waals surface area contributed by atoms with Gasteiger partial charge >= 0.3 is 0 Å². The Kier molecular flexibility index (Phi) is 4.20. The van der Waals surface area contributed by atoms with Gasteiger partial charge in [-0.1, -0.05) is 6.07 Å². The molecule has 5 heteroatoms. The van der Waals surface area contributed by atoms with Crippen LogP contribution in [0.2, 0.25) is 0 Å². The van der Waals surface area contributed by atoms with Crippen LogP contribution in [0.4, 0.5) is 4.39 Å². The van der Waals surface area contributed by atoms with E-state index in [1.807, 2.05) is 6.07 Å². The Labute approximate surface area is 124 Å². The number of hydrogen-bond donors (Lipinski definition) is 0. The molecular weight excluding hydrogens is 269 g/mol. The predicted octanol–water partition coefficient (Wildman–Crippen LogP) is 1.60. The number of morpholine rings is 1. The molecule has 0 radical (unpaired) electrons. The summed E-state index contributed by atoms with van der Waals surface area (Å²) >= 11 is 0. The summed E-state index contributed by atoms with van der Waals surface area (Å²) in [5, 5.41) is 8.91. The molecule has 2 heterocycles. The first-order chi connectivity index (χ1) is 10.2. The number of ether oxygens (including phenoxy) is 1. The normalized spacial score (nSPS) is 27.1. The predicted molar refractivity (Wildman–Crippen MR) is 77.2 cm³/mol. The van der Waals surface area contributed by atoms with Crippen LogP contribution in [0.3, 0.4) is 0 Å². The highest BCUT2D eigenvalue weighted by atomic mass is 19.1. The first-order valence-electron chi connectivity index (χ1n) is 7.40. The summed E-state index contributed by atoms with van der Waals surface area (Å²) in [6.45, 7) is 4.49. The maximum atomic E-state index is 13.4. The molecule has 1 aromatic carbocycles. The van der Waals surface area contributed by atoms with Crippen molar-refractivity contribution in [3.63, 3.8) is 0 Å². The fraction of sp³-hybridized carbons (Fsp3) is 0.562. The van der Waals surface area contributed by atoms with Gasteiger partial charge < -0.3 is 4.74 Å². The van der Waals surface area contributed by atoms with Crippen molar-refractivity contribution in [2.45, 2.75) is 25.1 Å². The third-order valence-electron chi connectivity index (χ3n) is 4.50. The van der Waals surface area contributed by atoms with E-state index in [1.54, 1.807) is 12.1 Å². The lowest BCUT2D eigenvalue weighted by Gasteiger charge is -2.45. The molecule has 2 aliphatic heterocycles. The Morgan fingerprint density at radius 3 is 3.10 bits per heavy atom. The van der Waals surface area contributed by atoms with Crippen molar-refractivity contribution in [3.8, 4) is 6.07 Å². The summed E-state index contributed by atoms with van der Waals surface area (Å²) < 4.78 is 19.2. The van der Waals surface area contributed by atoms with Crippen LogP contribution in [0, 0.1) is 17.1 Å². The molecule has 0 spiro atoms. The molecule has 112 valence electrons. The third kappa shape index (κ3) is 3.08. The minimum absolute atomic E-state index is 0.125. The van der Waals surface area contributed by atoms with E-state index in [1.165, 1.54) is 6.07 Å². The molecule has 4 nitrogen and oxygen atoms in total. The fourth-order valence-electron chi connectivity index (χ4n) is 3.27. The number of halogens is 1. The second-order valence-electron chi connectivity index (χ2n) is 5.91. The van der Waals surface area contributed by atoms with Gasteiger partial charge in [0.2, 0.25) is 0 Å². The molecule has 0 amide bonds.